The third-order valence-corrected chi connectivity index (χ3v) is 4.49. The highest BCUT2D eigenvalue weighted by Crippen LogP contribution is 2.09. The van der Waals surface area contributed by atoms with Crippen LogP contribution in [0.2, 0.25) is 0 Å². The van der Waals surface area contributed by atoms with Gasteiger partial charge in [0.2, 0.25) is 10.0 Å². The SMILES string of the molecule is Cc1ccc(S(=O)(=O)NCCNCc2cnn(C)c2)cc1. The minimum atomic E-state index is -3.42. The Bertz CT molecular complexity index is 677. The van der Waals surface area contributed by atoms with Gasteiger partial charge < -0.3 is 5.32 Å². The predicted octanol–water partition coefficient (Wildman–Crippen LogP) is 0.797. The van der Waals surface area contributed by atoms with Gasteiger partial charge in [-0.2, -0.15) is 5.10 Å². The zero-order chi connectivity index (χ0) is 15.3. The Kier molecular flexibility index (Phi) is 5.11. The van der Waals surface area contributed by atoms with Crippen molar-refractivity contribution in [3.05, 3.63) is 47.8 Å². The first kappa shape index (κ1) is 15.7. The molecule has 1 aromatic heterocycles. The van der Waals surface area contributed by atoms with Crippen molar-refractivity contribution in [3.8, 4) is 0 Å². The molecule has 0 unspecified atom stereocenters. The summed E-state index contributed by atoms with van der Waals surface area (Å²) in [7, 11) is -1.56. The zero-order valence-corrected chi connectivity index (χ0v) is 13.0. The number of benzene rings is 1. The van der Waals surface area contributed by atoms with E-state index in [1.165, 1.54) is 0 Å². The van der Waals surface area contributed by atoms with Crippen molar-refractivity contribution < 1.29 is 8.42 Å². The Morgan fingerprint density at radius 2 is 1.90 bits per heavy atom. The van der Waals surface area contributed by atoms with E-state index in [0.717, 1.165) is 11.1 Å². The van der Waals surface area contributed by atoms with Crippen LogP contribution in [0, 0.1) is 6.92 Å². The summed E-state index contributed by atoms with van der Waals surface area (Å²) in [5.41, 5.74) is 2.10. The molecule has 0 amide bonds. The van der Waals surface area contributed by atoms with Gasteiger partial charge in [0.25, 0.3) is 0 Å². The number of rotatable bonds is 7. The highest BCUT2D eigenvalue weighted by molar-refractivity contribution is 7.89. The Balaban J connectivity index is 1.76. The number of sulfonamides is 1. The second kappa shape index (κ2) is 6.84. The minimum absolute atomic E-state index is 0.292. The minimum Gasteiger partial charge on any atom is -0.311 e. The molecular weight excluding hydrogens is 288 g/mol. The fourth-order valence-corrected chi connectivity index (χ4v) is 2.90. The second-order valence-corrected chi connectivity index (χ2v) is 6.68. The van der Waals surface area contributed by atoms with Gasteiger partial charge in [-0.25, -0.2) is 13.1 Å². The van der Waals surface area contributed by atoms with Crippen LogP contribution in [0.3, 0.4) is 0 Å². The average Bonchev–Trinajstić information content (AvgIpc) is 2.84. The third kappa shape index (κ3) is 4.66. The van der Waals surface area contributed by atoms with Gasteiger partial charge in [-0.3, -0.25) is 4.68 Å². The molecule has 21 heavy (non-hydrogen) atoms. The summed E-state index contributed by atoms with van der Waals surface area (Å²) in [6.45, 7) is 3.49. The average molecular weight is 308 g/mol. The van der Waals surface area contributed by atoms with E-state index >= 15 is 0 Å². The van der Waals surface area contributed by atoms with Crippen molar-refractivity contribution in [1.82, 2.24) is 19.8 Å². The van der Waals surface area contributed by atoms with Crippen molar-refractivity contribution in [3.63, 3.8) is 0 Å². The van der Waals surface area contributed by atoms with E-state index in [-0.39, 0.29) is 0 Å². The van der Waals surface area contributed by atoms with Crippen LogP contribution in [0.1, 0.15) is 11.1 Å². The quantitative estimate of drug-likeness (QED) is 0.742. The van der Waals surface area contributed by atoms with Crippen LogP contribution < -0.4 is 10.0 Å². The summed E-state index contributed by atoms with van der Waals surface area (Å²) < 4.78 is 28.4. The van der Waals surface area contributed by atoms with Crippen LogP contribution in [0.15, 0.2) is 41.6 Å². The normalized spacial score (nSPS) is 11.7. The molecule has 0 aliphatic rings. The molecule has 0 saturated heterocycles. The summed E-state index contributed by atoms with van der Waals surface area (Å²) in [5.74, 6) is 0. The van der Waals surface area contributed by atoms with Gasteiger partial charge in [-0.1, -0.05) is 17.7 Å². The van der Waals surface area contributed by atoms with Gasteiger partial charge >= 0.3 is 0 Å². The Hall–Kier alpha value is -1.70. The number of aromatic nitrogens is 2. The van der Waals surface area contributed by atoms with E-state index in [1.807, 2.05) is 20.2 Å². The van der Waals surface area contributed by atoms with Gasteiger partial charge in [0.05, 0.1) is 11.1 Å². The first-order valence-corrected chi connectivity index (χ1v) is 8.20. The lowest BCUT2D eigenvalue weighted by Gasteiger charge is -2.07. The van der Waals surface area contributed by atoms with E-state index in [9.17, 15) is 8.42 Å². The molecule has 2 N–H and O–H groups in total. The monoisotopic (exact) mass is 308 g/mol. The Labute approximate surface area is 125 Å². The molecule has 2 aromatic rings. The van der Waals surface area contributed by atoms with Crippen LogP contribution in [0.4, 0.5) is 0 Å². The van der Waals surface area contributed by atoms with E-state index in [0.29, 0.717) is 24.5 Å². The fourth-order valence-electron chi connectivity index (χ4n) is 1.87. The standard InChI is InChI=1S/C14H20N4O2S/c1-12-3-5-14(6-4-12)21(19,20)17-8-7-15-9-13-10-16-18(2)11-13/h3-6,10-11,15,17H,7-9H2,1-2H3. The molecule has 0 aliphatic carbocycles. The van der Waals surface area contributed by atoms with E-state index in [4.69, 9.17) is 0 Å². The lowest BCUT2D eigenvalue weighted by atomic mass is 10.2. The van der Waals surface area contributed by atoms with Crippen LogP contribution in [0.25, 0.3) is 0 Å². The first-order valence-electron chi connectivity index (χ1n) is 6.72. The van der Waals surface area contributed by atoms with E-state index < -0.39 is 10.0 Å². The van der Waals surface area contributed by atoms with Crippen molar-refractivity contribution in [1.29, 1.82) is 0 Å². The third-order valence-electron chi connectivity index (χ3n) is 3.01. The Morgan fingerprint density at radius 1 is 1.19 bits per heavy atom. The highest BCUT2D eigenvalue weighted by Gasteiger charge is 2.12. The predicted molar refractivity (Wildman–Crippen MR) is 81.3 cm³/mol. The van der Waals surface area contributed by atoms with E-state index in [2.05, 4.69) is 15.1 Å². The number of nitrogens with zero attached hydrogens (tertiary/aromatic N) is 2. The highest BCUT2D eigenvalue weighted by atomic mass is 32.2. The molecule has 0 saturated carbocycles. The molecule has 0 atom stereocenters. The maximum atomic E-state index is 12.0. The molecule has 1 heterocycles. The van der Waals surface area contributed by atoms with Crippen LogP contribution in [-0.4, -0.2) is 31.3 Å². The molecule has 7 heteroatoms. The zero-order valence-electron chi connectivity index (χ0n) is 12.2. The summed E-state index contributed by atoms with van der Waals surface area (Å²) in [6, 6.07) is 6.80. The van der Waals surface area contributed by atoms with Gasteiger partial charge in [-0.15, -0.1) is 0 Å². The molecule has 0 spiro atoms. The summed E-state index contributed by atoms with van der Waals surface area (Å²) >= 11 is 0. The largest absolute Gasteiger partial charge is 0.311 e. The lowest BCUT2D eigenvalue weighted by molar-refractivity contribution is 0.576. The van der Waals surface area contributed by atoms with Crippen LogP contribution in [0.5, 0.6) is 0 Å². The van der Waals surface area contributed by atoms with Crippen molar-refractivity contribution in [2.24, 2.45) is 7.05 Å². The Morgan fingerprint density at radius 3 is 2.52 bits per heavy atom. The molecule has 0 radical (unpaired) electrons. The summed E-state index contributed by atoms with van der Waals surface area (Å²) in [6.07, 6.45) is 3.70. The lowest BCUT2D eigenvalue weighted by Crippen LogP contribution is -2.31. The van der Waals surface area contributed by atoms with E-state index in [1.54, 1.807) is 35.1 Å². The van der Waals surface area contributed by atoms with Gasteiger partial charge in [0, 0.05) is 38.4 Å². The topological polar surface area (TPSA) is 76.0 Å². The molecule has 6 nitrogen and oxygen atoms in total. The van der Waals surface area contributed by atoms with Gasteiger partial charge in [-0.05, 0) is 19.1 Å². The molecule has 0 fully saturated rings. The maximum absolute atomic E-state index is 12.0. The molecule has 1 aromatic carbocycles. The second-order valence-electron chi connectivity index (χ2n) is 4.91. The number of nitrogens with one attached hydrogen (secondary N) is 2. The number of hydrogen-bond acceptors (Lipinski definition) is 4. The summed E-state index contributed by atoms with van der Waals surface area (Å²) in [4.78, 5) is 0.292. The smallest absolute Gasteiger partial charge is 0.240 e. The van der Waals surface area contributed by atoms with Gasteiger partial charge in [0.15, 0.2) is 0 Å². The fraction of sp³-hybridized carbons (Fsp3) is 0.357. The molecular formula is C14H20N4O2S. The maximum Gasteiger partial charge on any atom is 0.240 e. The molecule has 114 valence electrons. The van der Waals surface area contributed by atoms with Crippen molar-refractivity contribution in [2.45, 2.75) is 18.4 Å². The molecule has 2 rings (SSSR count). The number of aryl methyl sites for hydroxylation is 2. The molecule has 0 aliphatic heterocycles. The van der Waals surface area contributed by atoms with Crippen molar-refractivity contribution >= 4 is 10.0 Å². The summed E-state index contributed by atoms with van der Waals surface area (Å²) in [5, 5.41) is 7.23. The molecule has 0 bridgehead atoms. The van der Waals surface area contributed by atoms with Crippen LogP contribution >= 0.6 is 0 Å². The number of hydrogen-bond donors (Lipinski definition) is 2. The van der Waals surface area contributed by atoms with Gasteiger partial charge in [0.1, 0.15) is 0 Å². The van der Waals surface area contributed by atoms with Crippen LogP contribution in [-0.2, 0) is 23.6 Å². The van der Waals surface area contributed by atoms with Crippen molar-refractivity contribution in [2.75, 3.05) is 13.1 Å². The first-order chi connectivity index (χ1) is 9.97.